The fourth-order valence-electron chi connectivity index (χ4n) is 4.94. The molecule has 1 aliphatic heterocycles. The van der Waals surface area contributed by atoms with Crippen LogP contribution in [-0.4, -0.2) is 58.4 Å². The summed E-state index contributed by atoms with van der Waals surface area (Å²) in [4.78, 5) is 34.3. The maximum Gasteiger partial charge on any atom is 0.242 e. The summed E-state index contributed by atoms with van der Waals surface area (Å²) in [6.45, 7) is 1.67. The van der Waals surface area contributed by atoms with Crippen LogP contribution in [0.25, 0.3) is 0 Å². The fraction of sp³-hybridized carbons (Fsp3) is 0.625. The first-order valence-electron chi connectivity index (χ1n) is 11.4. The van der Waals surface area contributed by atoms with Gasteiger partial charge in [0.05, 0.1) is 19.3 Å². The van der Waals surface area contributed by atoms with E-state index in [0.717, 1.165) is 37.7 Å². The number of hydrogen-bond acceptors (Lipinski definition) is 4. The Balaban J connectivity index is 1.48. The maximum absolute atomic E-state index is 13.2. The zero-order valence-corrected chi connectivity index (χ0v) is 17.7. The monoisotopic (exact) mass is 411 g/mol. The zero-order chi connectivity index (χ0) is 20.8. The van der Waals surface area contributed by atoms with Crippen LogP contribution in [0.2, 0.25) is 0 Å². The Kier molecular flexibility index (Phi) is 7.16. The van der Waals surface area contributed by atoms with E-state index < -0.39 is 0 Å². The molecule has 6 heteroatoms. The molecule has 2 aliphatic carbocycles. The fourth-order valence-corrected chi connectivity index (χ4v) is 4.94. The average molecular weight is 412 g/mol. The topological polar surface area (TPSA) is 62.7 Å². The molecular formula is C24H33N3O3. The van der Waals surface area contributed by atoms with Crippen LogP contribution in [0.3, 0.4) is 0 Å². The SMILES string of the molecule is O=C(C1CC=CCC1)N1CC(=O)N(C2CCCCC2)CC(OCc2cccnc2)C1. The third kappa shape index (κ3) is 5.28. The highest BCUT2D eigenvalue weighted by Crippen LogP contribution is 2.26. The third-order valence-electron chi connectivity index (χ3n) is 6.62. The van der Waals surface area contributed by atoms with Crippen molar-refractivity contribution in [1.82, 2.24) is 14.8 Å². The molecular weight excluding hydrogens is 378 g/mol. The Morgan fingerprint density at radius 1 is 1.13 bits per heavy atom. The van der Waals surface area contributed by atoms with Gasteiger partial charge < -0.3 is 14.5 Å². The molecule has 0 bridgehead atoms. The molecule has 0 spiro atoms. The van der Waals surface area contributed by atoms with Gasteiger partial charge in [-0.15, -0.1) is 0 Å². The second kappa shape index (κ2) is 10.2. The van der Waals surface area contributed by atoms with E-state index in [1.165, 1.54) is 19.3 Å². The molecule has 2 amide bonds. The van der Waals surface area contributed by atoms with Gasteiger partial charge in [-0.3, -0.25) is 14.6 Å². The number of rotatable bonds is 5. The van der Waals surface area contributed by atoms with Crippen LogP contribution in [-0.2, 0) is 20.9 Å². The third-order valence-corrected chi connectivity index (χ3v) is 6.62. The van der Waals surface area contributed by atoms with Crippen LogP contribution in [0.1, 0.15) is 56.9 Å². The van der Waals surface area contributed by atoms with Crippen LogP contribution < -0.4 is 0 Å². The van der Waals surface area contributed by atoms with Crippen molar-refractivity contribution in [1.29, 1.82) is 0 Å². The van der Waals surface area contributed by atoms with Gasteiger partial charge in [0, 0.05) is 37.4 Å². The molecule has 1 aromatic heterocycles. The Morgan fingerprint density at radius 3 is 2.73 bits per heavy atom. The summed E-state index contributed by atoms with van der Waals surface area (Å²) in [7, 11) is 0. The molecule has 2 heterocycles. The minimum absolute atomic E-state index is 0.0111. The van der Waals surface area contributed by atoms with Crippen LogP contribution in [0.5, 0.6) is 0 Å². The van der Waals surface area contributed by atoms with Crippen molar-refractivity contribution < 1.29 is 14.3 Å². The van der Waals surface area contributed by atoms with Gasteiger partial charge in [0.1, 0.15) is 0 Å². The van der Waals surface area contributed by atoms with Crippen molar-refractivity contribution in [2.75, 3.05) is 19.6 Å². The molecule has 2 atom stereocenters. The molecule has 6 nitrogen and oxygen atoms in total. The van der Waals surface area contributed by atoms with E-state index in [9.17, 15) is 9.59 Å². The first-order valence-corrected chi connectivity index (χ1v) is 11.4. The quantitative estimate of drug-likeness (QED) is 0.698. The molecule has 2 unspecified atom stereocenters. The zero-order valence-electron chi connectivity index (χ0n) is 17.7. The lowest BCUT2D eigenvalue weighted by atomic mass is 9.93. The summed E-state index contributed by atoms with van der Waals surface area (Å²) in [5.41, 5.74) is 1.01. The number of carbonyl (C=O) groups is 2. The molecule has 3 aliphatic rings. The molecule has 0 aromatic carbocycles. The van der Waals surface area contributed by atoms with Crippen molar-refractivity contribution in [2.24, 2.45) is 5.92 Å². The minimum atomic E-state index is -0.179. The van der Waals surface area contributed by atoms with Crippen molar-refractivity contribution in [3.63, 3.8) is 0 Å². The van der Waals surface area contributed by atoms with E-state index in [1.807, 2.05) is 17.0 Å². The van der Waals surface area contributed by atoms with Crippen LogP contribution in [0, 0.1) is 5.92 Å². The highest BCUT2D eigenvalue weighted by molar-refractivity contribution is 5.86. The lowest BCUT2D eigenvalue weighted by molar-refractivity contribution is -0.142. The first-order chi connectivity index (χ1) is 14.7. The summed E-state index contributed by atoms with van der Waals surface area (Å²) in [5, 5.41) is 0. The van der Waals surface area contributed by atoms with E-state index >= 15 is 0 Å². The lowest BCUT2D eigenvalue weighted by Gasteiger charge is -2.34. The van der Waals surface area contributed by atoms with E-state index in [4.69, 9.17) is 4.74 Å². The molecule has 1 aromatic rings. The second-order valence-electron chi connectivity index (χ2n) is 8.83. The van der Waals surface area contributed by atoms with Gasteiger partial charge in [0.15, 0.2) is 0 Å². The van der Waals surface area contributed by atoms with Gasteiger partial charge in [0.2, 0.25) is 11.8 Å². The highest BCUT2D eigenvalue weighted by atomic mass is 16.5. The standard InChI is InChI=1S/C24H33N3O3/c28-23-17-26(24(29)20-9-3-1-4-10-20)15-22(30-18-19-8-7-13-25-14-19)16-27(23)21-11-5-2-6-12-21/h1,3,7-8,13-14,20-22H,2,4-6,9-12,15-18H2. The van der Waals surface area contributed by atoms with Gasteiger partial charge in [-0.2, -0.15) is 0 Å². The molecule has 0 N–H and O–H groups in total. The number of allylic oxidation sites excluding steroid dienone is 2. The number of aromatic nitrogens is 1. The Hall–Kier alpha value is -2.21. The van der Waals surface area contributed by atoms with Gasteiger partial charge in [0.25, 0.3) is 0 Å². The number of ether oxygens (including phenoxy) is 1. The molecule has 1 saturated carbocycles. The molecule has 30 heavy (non-hydrogen) atoms. The minimum Gasteiger partial charge on any atom is -0.370 e. The maximum atomic E-state index is 13.2. The normalized spacial score (nSPS) is 25.9. The van der Waals surface area contributed by atoms with Crippen LogP contribution in [0.15, 0.2) is 36.7 Å². The van der Waals surface area contributed by atoms with Gasteiger partial charge in [-0.25, -0.2) is 0 Å². The number of carbonyl (C=O) groups excluding carboxylic acids is 2. The Morgan fingerprint density at radius 2 is 2.00 bits per heavy atom. The summed E-state index contributed by atoms with van der Waals surface area (Å²) in [6.07, 6.45) is 15.9. The number of hydrogen-bond donors (Lipinski definition) is 0. The first kappa shape index (κ1) is 21.0. The summed E-state index contributed by atoms with van der Waals surface area (Å²) < 4.78 is 6.24. The van der Waals surface area contributed by atoms with Crippen molar-refractivity contribution >= 4 is 11.8 Å². The molecule has 4 rings (SSSR count). The van der Waals surface area contributed by atoms with Crippen molar-refractivity contribution in [3.8, 4) is 0 Å². The van der Waals surface area contributed by atoms with Crippen LogP contribution in [0.4, 0.5) is 0 Å². The molecule has 1 saturated heterocycles. The highest BCUT2D eigenvalue weighted by Gasteiger charge is 2.36. The molecule has 0 radical (unpaired) electrons. The Labute approximate surface area is 179 Å². The smallest absolute Gasteiger partial charge is 0.242 e. The average Bonchev–Trinajstić information content (AvgIpc) is 2.98. The molecule has 2 fully saturated rings. The van der Waals surface area contributed by atoms with E-state index in [1.54, 1.807) is 17.3 Å². The summed E-state index contributed by atoms with van der Waals surface area (Å²) >= 11 is 0. The lowest BCUT2D eigenvalue weighted by Crippen LogP contribution is -2.46. The number of amides is 2. The van der Waals surface area contributed by atoms with Gasteiger partial charge in [-0.1, -0.05) is 37.5 Å². The van der Waals surface area contributed by atoms with Crippen molar-refractivity contribution in [3.05, 3.63) is 42.2 Å². The largest absolute Gasteiger partial charge is 0.370 e. The second-order valence-corrected chi connectivity index (χ2v) is 8.83. The number of nitrogens with zero attached hydrogens (tertiary/aromatic N) is 3. The van der Waals surface area contributed by atoms with Gasteiger partial charge >= 0.3 is 0 Å². The molecule has 162 valence electrons. The summed E-state index contributed by atoms with van der Waals surface area (Å²) in [5.74, 6) is 0.172. The predicted molar refractivity (Wildman–Crippen MR) is 114 cm³/mol. The van der Waals surface area contributed by atoms with Crippen molar-refractivity contribution in [2.45, 2.75) is 70.1 Å². The van der Waals surface area contributed by atoms with Crippen LogP contribution >= 0.6 is 0 Å². The van der Waals surface area contributed by atoms with E-state index in [0.29, 0.717) is 19.7 Å². The van der Waals surface area contributed by atoms with E-state index in [-0.39, 0.29) is 36.4 Å². The Bertz CT molecular complexity index is 745. The number of pyridine rings is 1. The van der Waals surface area contributed by atoms with E-state index in [2.05, 4.69) is 17.1 Å². The van der Waals surface area contributed by atoms with Gasteiger partial charge in [-0.05, 0) is 43.7 Å². The summed E-state index contributed by atoms with van der Waals surface area (Å²) in [6, 6.07) is 4.17. The predicted octanol–water partition coefficient (Wildman–Crippen LogP) is 3.33.